The van der Waals surface area contributed by atoms with Gasteiger partial charge in [0.25, 0.3) is 0 Å². The first-order valence-corrected chi connectivity index (χ1v) is 6.75. The van der Waals surface area contributed by atoms with Crippen LogP contribution in [-0.4, -0.2) is 11.7 Å². The Balaban J connectivity index is 2.00. The Kier molecular flexibility index (Phi) is 2.87. The van der Waals surface area contributed by atoms with Gasteiger partial charge in [-0.2, -0.15) is 0 Å². The Morgan fingerprint density at radius 1 is 1.33 bits per heavy atom. The Bertz CT molecular complexity index is 500. The van der Waals surface area contributed by atoms with Gasteiger partial charge in [0.15, 0.2) is 0 Å². The van der Waals surface area contributed by atoms with Crippen LogP contribution >= 0.6 is 0 Å². The molecular formula is C17H20O. The molecule has 3 rings (SSSR count). The van der Waals surface area contributed by atoms with Crippen LogP contribution in [-0.2, 0) is 0 Å². The molecule has 0 unspecified atom stereocenters. The van der Waals surface area contributed by atoms with Gasteiger partial charge in [-0.1, -0.05) is 54.1 Å². The molecule has 1 saturated carbocycles. The Morgan fingerprint density at radius 2 is 2.17 bits per heavy atom. The smallest absolute Gasteiger partial charge is 0.0465 e. The van der Waals surface area contributed by atoms with E-state index in [-0.39, 0.29) is 6.61 Å². The molecule has 0 spiro atoms. The van der Waals surface area contributed by atoms with Gasteiger partial charge in [-0.3, -0.25) is 0 Å². The van der Waals surface area contributed by atoms with E-state index in [1.165, 1.54) is 16.7 Å². The second-order valence-corrected chi connectivity index (χ2v) is 5.71. The molecule has 2 aliphatic carbocycles. The minimum atomic E-state index is 0.282. The highest BCUT2D eigenvalue weighted by atomic mass is 16.3. The molecule has 0 saturated heterocycles. The summed E-state index contributed by atoms with van der Waals surface area (Å²) in [6, 6.07) is 8.71. The molecule has 0 heterocycles. The molecule has 2 aliphatic rings. The third-order valence-electron chi connectivity index (χ3n) is 4.57. The summed E-state index contributed by atoms with van der Waals surface area (Å²) >= 11 is 0. The number of aliphatic hydroxyl groups excluding tert-OH is 1. The number of hydrogen-bond donors (Lipinski definition) is 1. The lowest BCUT2D eigenvalue weighted by Gasteiger charge is -2.29. The molecule has 0 amide bonds. The number of fused-ring (bicyclic) bond motifs is 2. The summed E-state index contributed by atoms with van der Waals surface area (Å²) in [4.78, 5) is 0. The summed E-state index contributed by atoms with van der Waals surface area (Å²) in [5.41, 5.74) is 3.98. The Morgan fingerprint density at radius 3 is 2.89 bits per heavy atom. The number of aliphatic hydroxyl groups is 1. The largest absolute Gasteiger partial charge is 0.396 e. The molecule has 4 atom stereocenters. The summed E-state index contributed by atoms with van der Waals surface area (Å²) in [5, 5.41) is 9.58. The van der Waals surface area contributed by atoms with Crippen LogP contribution in [0.15, 0.2) is 48.6 Å². The van der Waals surface area contributed by atoms with Crippen LogP contribution in [0.4, 0.5) is 0 Å². The fourth-order valence-corrected chi connectivity index (χ4v) is 3.66. The number of benzene rings is 1. The van der Waals surface area contributed by atoms with E-state index >= 15 is 0 Å². The summed E-state index contributed by atoms with van der Waals surface area (Å²) < 4.78 is 0. The molecule has 0 aliphatic heterocycles. The molecule has 0 radical (unpaired) electrons. The van der Waals surface area contributed by atoms with E-state index in [9.17, 15) is 5.11 Å². The average Bonchev–Trinajstić information content (AvgIpc) is 2.58. The van der Waals surface area contributed by atoms with Crippen molar-refractivity contribution in [2.24, 2.45) is 17.8 Å². The van der Waals surface area contributed by atoms with Crippen molar-refractivity contribution in [2.45, 2.75) is 19.3 Å². The van der Waals surface area contributed by atoms with Gasteiger partial charge in [0.2, 0.25) is 0 Å². The van der Waals surface area contributed by atoms with Crippen molar-refractivity contribution in [3.05, 3.63) is 59.7 Å². The first kappa shape index (κ1) is 11.7. The van der Waals surface area contributed by atoms with Gasteiger partial charge >= 0.3 is 0 Å². The van der Waals surface area contributed by atoms with E-state index in [1.54, 1.807) is 0 Å². The van der Waals surface area contributed by atoms with Crippen molar-refractivity contribution in [1.82, 2.24) is 0 Å². The van der Waals surface area contributed by atoms with Gasteiger partial charge in [0.05, 0.1) is 0 Å². The second kappa shape index (κ2) is 4.40. The maximum atomic E-state index is 9.58. The summed E-state index contributed by atoms with van der Waals surface area (Å²) in [6.45, 7) is 6.69. The first-order valence-electron chi connectivity index (χ1n) is 6.75. The minimum Gasteiger partial charge on any atom is -0.396 e. The predicted octanol–water partition coefficient (Wildman–Crippen LogP) is 3.45. The Labute approximate surface area is 109 Å². The molecule has 1 aromatic rings. The zero-order valence-corrected chi connectivity index (χ0v) is 10.8. The topological polar surface area (TPSA) is 20.2 Å². The minimum absolute atomic E-state index is 0.282. The second-order valence-electron chi connectivity index (χ2n) is 5.71. The third kappa shape index (κ3) is 1.74. The van der Waals surface area contributed by atoms with Crippen molar-refractivity contribution >= 4 is 0 Å². The van der Waals surface area contributed by atoms with Crippen LogP contribution in [0, 0.1) is 24.7 Å². The standard InChI is InChI=1S/C17H20O/c1-11-4-3-5-14(8-11)16-7-6-13-9-15(10-18)17(16)12(13)2/h3-8,13,15-18H,2,9-10H2,1H3/t13-,15-,16-,17-/m0/s1. The molecule has 1 nitrogen and oxygen atoms in total. The van der Waals surface area contributed by atoms with Crippen molar-refractivity contribution in [3.63, 3.8) is 0 Å². The summed E-state index contributed by atoms with van der Waals surface area (Å²) in [6.07, 6.45) is 5.69. The molecule has 1 heteroatoms. The zero-order chi connectivity index (χ0) is 12.7. The van der Waals surface area contributed by atoms with E-state index in [0.717, 1.165) is 6.42 Å². The van der Waals surface area contributed by atoms with Gasteiger partial charge in [0.1, 0.15) is 0 Å². The molecule has 18 heavy (non-hydrogen) atoms. The number of rotatable bonds is 2. The molecule has 0 aromatic heterocycles. The maximum absolute atomic E-state index is 9.58. The maximum Gasteiger partial charge on any atom is 0.0465 e. The molecule has 1 aromatic carbocycles. The van der Waals surface area contributed by atoms with E-state index in [1.807, 2.05) is 0 Å². The predicted molar refractivity (Wildman–Crippen MR) is 74.4 cm³/mol. The molecular weight excluding hydrogens is 220 g/mol. The van der Waals surface area contributed by atoms with Crippen LogP contribution in [0.25, 0.3) is 0 Å². The van der Waals surface area contributed by atoms with Crippen LogP contribution in [0.2, 0.25) is 0 Å². The van der Waals surface area contributed by atoms with Crippen molar-refractivity contribution in [1.29, 1.82) is 0 Å². The zero-order valence-electron chi connectivity index (χ0n) is 10.8. The summed E-state index contributed by atoms with van der Waals surface area (Å²) in [7, 11) is 0. The lowest BCUT2D eigenvalue weighted by Crippen LogP contribution is -2.21. The van der Waals surface area contributed by atoms with Gasteiger partial charge in [-0.15, -0.1) is 0 Å². The van der Waals surface area contributed by atoms with E-state index in [0.29, 0.717) is 23.7 Å². The third-order valence-corrected chi connectivity index (χ3v) is 4.57. The quantitative estimate of drug-likeness (QED) is 0.785. The SMILES string of the molecule is C=C1[C@H]2[C@H](CO)C[C@@H]1C=C[C@H]2c1cccc(C)c1. The van der Waals surface area contributed by atoms with E-state index < -0.39 is 0 Å². The van der Waals surface area contributed by atoms with Gasteiger partial charge in [-0.05, 0) is 36.7 Å². The molecule has 2 bridgehead atoms. The van der Waals surface area contributed by atoms with Crippen molar-refractivity contribution in [3.8, 4) is 0 Å². The van der Waals surface area contributed by atoms with Crippen LogP contribution in [0.1, 0.15) is 23.5 Å². The lowest BCUT2D eigenvalue weighted by atomic mass is 9.75. The van der Waals surface area contributed by atoms with Gasteiger partial charge < -0.3 is 5.11 Å². The van der Waals surface area contributed by atoms with Gasteiger partial charge in [-0.25, -0.2) is 0 Å². The first-order chi connectivity index (χ1) is 8.70. The molecule has 94 valence electrons. The van der Waals surface area contributed by atoms with E-state index in [4.69, 9.17) is 0 Å². The van der Waals surface area contributed by atoms with Crippen LogP contribution < -0.4 is 0 Å². The summed E-state index contributed by atoms with van der Waals surface area (Å²) in [5.74, 6) is 1.69. The van der Waals surface area contributed by atoms with Crippen LogP contribution in [0.3, 0.4) is 0 Å². The fraction of sp³-hybridized carbons (Fsp3) is 0.412. The molecule has 1 N–H and O–H groups in total. The average molecular weight is 240 g/mol. The van der Waals surface area contributed by atoms with Gasteiger partial charge in [0, 0.05) is 12.5 Å². The van der Waals surface area contributed by atoms with E-state index in [2.05, 4.69) is 49.9 Å². The highest BCUT2D eigenvalue weighted by molar-refractivity contribution is 5.38. The van der Waals surface area contributed by atoms with Crippen molar-refractivity contribution < 1.29 is 5.11 Å². The number of hydrogen-bond acceptors (Lipinski definition) is 1. The Hall–Kier alpha value is -1.34. The molecule has 1 fully saturated rings. The normalized spacial score (nSPS) is 34.0. The number of aryl methyl sites for hydroxylation is 1. The highest BCUT2D eigenvalue weighted by Crippen LogP contribution is 2.51. The van der Waals surface area contributed by atoms with Crippen molar-refractivity contribution in [2.75, 3.05) is 6.61 Å². The fourth-order valence-electron chi connectivity index (χ4n) is 3.66. The number of allylic oxidation sites excluding steroid dienone is 3. The van der Waals surface area contributed by atoms with Crippen LogP contribution in [0.5, 0.6) is 0 Å². The lowest BCUT2D eigenvalue weighted by molar-refractivity contribution is 0.196. The highest BCUT2D eigenvalue weighted by Gasteiger charge is 2.42. The monoisotopic (exact) mass is 240 g/mol.